The molecule has 3 aromatic carbocycles. The molecule has 0 aliphatic heterocycles. The molecule has 0 saturated carbocycles. The zero-order valence-corrected chi connectivity index (χ0v) is 17.9. The number of hydrogen-bond acceptors (Lipinski definition) is 5. The summed E-state index contributed by atoms with van der Waals surface area (Å²) in [6.07, 6.45) is 0.834. The van der Waals surface area contributed by atoms with Crippen LogP contribution >= 0.6 is 0 Å². The van der Waals surface area contributed by atoms with Crippen LogP contribution in [0.15, 0.2) is 60.7 Å². The summed E-state index contributed by atoms with van der Waals surface area (Å²) in [6.45, 7) is 0.951. The topological polar surface area (TPSA) is 48.0 Å². The second-order valence-electron chi connectivity index (χ2n) is 7.04. The van der Waals surface area contributed by atoms with Crippen molar-refractivity contribution in [2.75, 3.05) is 26.2 Å². The molecule has 0 fully saturated rings. The number of ether oxygens (including phenoxy) is 3. The van der Waals surface area contributed by atoms with E-state index in [1.54, 1.807) is 20.3 Å². The van der Waals surface area contributed by atoms with Crippen LogP contribution in [0.5, 0.6) is 17.2 Å². The second-order valence-corrected chi connectivity index (χ2v) is 7.04. The van der Waals surface area contributed by atoms with Crippen LogP contribution in [0.3, 0.4) is 0 Å². The molecule has 31 heavy (non-hydrogen) atoms. The Morgan fingerprint density at radius 1 is 0.806 bits per heavy atom. The molecule has 0 heterocycles. The predicted octanol–water partition coefficient (Wildman–Crippen LogP) is 4.80. The molecule has 0 bridgehead atoms. The first-order chi connectivity index (χ1) is 15.1. The number of methoxy groups -OCH3 is 3. The molecular weight excluding hydrogens is 397 g/mol. The molecule has 5 nitrogen and oxygen atoms in total. The first-order valence-corrected chi connectivity index (χ1v) is 9.88. The first kappa shape index (κ1) is 22.2. The van der Waals surface area contributed by atoms with Crippen molar-refractivity contribution in [1.29, 1.82) is 0 Å². The highest BCUT2D eigenvalue weighted by atomic mass is 19.1. The van der Waals surface area contributed by atoms with Crippen LogP contribution in [0.4, 0.5) is 10.1 Å². The first-order valence-electron chi connectivity index (χ1n) is 9.88. The van der Waals surface area contributed by atoms with Crippen LogP contribution < -0.4 is 19.1 Å². The maximum Gasteiger partial charge on any atom is 0.147 e. The molecule has 0 N–H and O–H groups in total. The highest BCUT2D eigenvalue weighted by Gasteiger charge is 2.17. The fourth-order valence-electron chi connectivity index (χ4n) is 3.39. The third kappa shape index (κ3) is 5.54. The highest BCUT2D eigenvalue weighted by molar-refractivity contribution is 5.62. The van der Waals surface area contributed by atoms with Crippen molar-refractivity contribution in [1.82, 2.24) is 0 Å². The van der Waals surface area contributed by atoms with Gasteiger partial charge in [-0.25, -0.2) is 4.39 Å². The third-order valence-electron chi connectivity index (χ3n) is 5.06. The van der Waals surface area contributed by atoms with Gasteiger partial charge in [-0.2, -0.15) is 0 Å². The summed E-state index contributed by atoms with van der Waals surface area (Å²) in [4.78, 5) is 12.9. The van der Waals surface area contributed by atoms with Crippen molar-refractivity contribution in [3.8, 4) is 17.2 Å². The van der Waals surface area contributed by atoms with Gasteiger partial charge in [0.25, 0.3) is 0 Å². The van der Waals surface area contributed by atoms with E-state index in [0.29, 0.717) is 30.1 Å². The third-order valence-corrected chi connectivity index (χ3v) is 5.06. The van der Waals surface area contributed by atoms with Crippen molar-refractivity contribution in [2.45, 2.75) is 19.5 Å². The van der Waals surface area contributed by atoms with Crippen LogP contribution in [0.2, 0.25) is 0 Å². The fraction of sp³-hybridized carbons (Fsp3) is 0.240. The number of aldehydes is 1. The lowest BCUT2D eigenvalue weighted by Gasteiger charge is -2.27. The Labute approximate surface area is 182 Å². The van der Waals surface area contributed by atoms with Crippen LogP contribution in [0.1, 0.15) is 16.7 Å². The molecule has 0 spiro atoms. The van der Waals surface area contributed by atoms with Crippen LogP contribution in [0.25, 0.3) is 0 Å². The lowest BCUT2D eigenvalue weighted by molar-refractivity contribution is -0.107. The maximum absolute atomic E-state index is 15.1. The average Bonchev–Trinajstić information content (AvgIpc) is 2.80. The van der Waals surface area contributed by atoms with E-state index in [2.05, 4.69) is 0 Å². The maximum atomic E-state index is 15.1. The number of halogens is 1. The molecule has 0 aliphatic carbocycles. The van der Waals surface area contributed by atoms with Gasteiger partial charge in [-0.05, 0) is 41.5 Å². The Balaban J connectivity index is 1.98. The van der Waals surface area contributed by atoms with Gasteiger partial charge in [0.1, 0.15) is 29.4 Å². The zero-order chi connectivity index (χ0) is 22.2. The van der Waals surface area contributed by atoms with Gasteiger partial charge < -0.3 is 23.9 Å². The van der Waals surface area contributed by atoms with Gasteiger partial charge in [0.15, 0.2) is 0 Å². The standard InChI is InChI=1S/C25H26FNO4/c1-29-21-8-4-18(5-9-21)16-27(17-19-6-10-22(30-2)11-7-19)24-15-25(31-3)20(12-13-28)14-23(24)26/h4-11,13-15H,12,16-17H2,1-3H3. The van der Waals surface area contributed by atoms with Crippen molar-refractivity contribution < 1.29 is 23.4 Å². The number of benzene rings is 3. The van der Waals surface area contributed by atoms with Crippen LogP contribution in [0, 0.1) is 5.82 Å². The molecule has 0 aromatic heterocycles. The van der Waals surface area contributed by atoms with Gasteiger partial charge in [0.05, 0.1) is 27.0 Å². The van der Waals surface area contributed by atoms with Gasteiger partial charge in [-0.3, -0.25) is 0 Å². The fourth-order valence-corrected chi connectivity index (χ4v) is 3.39. The minimum atomic E-state index is -0.403. The lowest BCUT2D eigenvalue weighted by Crippen LogP contribution is -2.23. The lowest BCUT2D eigenvalue weighted by atomic mass is 10.1. The van der Waals surface area contributed by atoms with Crippen LogP contribution in [-0.2, 0) is 24.3 Å². The normalized spacial score (nSPS) is 10.5. The minimum absolute atomic E-state index is 0.0946. The molecule has 3 rings (SSSR count). The Bertz CT molecular complexity index is 954. The Morgan fingerprint density at radius 2 is 1.32 bits per heavy atom. The second kappa shape index (κ2) is 10.5. The Morgan fingerprint density at radius 3 is 1.74 bits per heavy atom. The summed E-state index contributed by atoms with van der Waals surface area (Å²) in [6, 6.07) is 18.4. The number of carbonyl (C=O) groups is 1. The molecule has 0 atom stereocenters. The molecule has 0 saturated heterocycles. The smallest absolute Gasteiger partial charge is 0.147 e. The number of anilines is 1. The van der Waals surface area contributed by atoms with Crippen molar-refractivity contribution in [2.24, 2.45) is 0 Å². The average molecular weight is 423 g/mol. The highest BCUT2D eigenvalue weighted by Crippen LogP contribution is 2.31. The number of carbonyl (C=O) groups excluding carboxylic acids is 1. The van der Waals surface area contributed by atoms with E-state index in [1.807, 2.05) is 53.4 Å². The van der Waals surface area contributed by atoms with Gasteiger partial charge in [0.2, 0.25) is 0 Å². The van der Waals surface area contributed by atoms with E-state index in [0.717, 1.165) is 28.9 Å². The number of rotatable bonds is 10. The van der Waals surface area contributed by atoms with Gasteiger partial charge in [-0.15, -0.1) is 0 Å². The molecule has 0 aliphatic rings. The molecule has 0 unspecified atom stereocenters. The number of nitrogens with zero attached hydrogens (tertiary/aromatic N) is 1. The van der Waals surface area contributed by atoms with Gasteiger partial charge in [-0.1, -0.05) is 24.3 Å². The Hall–Kier alpha value is -3.54. The van der Waals surface area contributed by atoms with E-state index >= 15 is 4.39 Å². The SMILES string of the molecule is COc1ccc(CN(Cc2ccc(OC)cc2)c2cc(OC)c(CC=O)cc2F)cc1. The molecule has 0 radical (unpaired) electrons. The quantitative estimate of drug-likeness (QED) is 0.439. The van der Waals surface area contributed by atoms with Crippen molar-refractivity contribution in [3.63, 3.8) is 0 Å². The van der Waals surface area contributed by atoms with E-state index in [1.165, 1.54) is 13.2 Å². The van der Waals surface area contributed by atoms with E-state index in [9.17, 15) is 4.79 Å². The summed E-state index contributed by atoms with van der Waals surface area (Å²) in [5.74, 6) is 1.60. The Kier molecular flexibility index (Phi) is 7.49. The van der Waals surface area contributed by atoms with Gasteiger partial charge in [0, 0.05) is 31.1 Å². The predicted molar refractivity (Wildman–Crippen MR) is 119 cm³/mol. The van der Waals surface area contributed by atoms with Crippen LogP contribution in [-0.4, -0.2) is 27.6 Å². The summed E-state index contributed by atoms with van der Waals surface area (Å²) in [7, 11) is 4.75. The largest absolute Gasteiger partial charge is 0.497 e. The molecule has 162 valence electrons. The summed E-state index contributed by atoms with van der Waals surface area (Å²) >= 11 is 0. The number of hydrogen-bond donors (Lipinski definition) is 0. The molecular formula is C25H26FNO4. The van der Waals surface area contributed by atoms with E-state index < -0.39 is 5.82 Å². The van der Waals surface area contributed by atoms with Crippen molar-refractivity contribution in [3.05, 3.63) is 83.2 Å². The summed E-state index contributed by atoms with van der Waals surface area (Å²) in [5, 5.41) is 0. The van der Waals surface area contributed by atoms with E-state index in [4.69, 9.17) is 14.2 Å². The summed E-state index contributed by atoms with van der Waals surface area (Å²) in [5.41, 5.74) is 2.93. The molecule has 0 amide bonds. The summed E-state index contributed by atoms with van der Waals surface area (Å²) < 4.78 is 31.0. The minimum Gasteiger partial charge on any atom is -0.497 e. The zero-order valence-electron chi connectivity index (χ0n) is 17.9. The van der Waals surface area contributed by atoms with Gasteiger partial charge >= 0.3 is 0 Å². The van der Waals surface area contributed by atoms with E-state index in [-0.39, 0.29) is 6.42 Å². The molecule has 3 aromatic rings. The molecule has 6 heteroatoms. The van der Waals surface area contributed by atoms with Crippen molar-refractivity contribution >= 4 is 12.0 Å². The monoisotopic (exact) mass is 423 g/mol.